The molecular formula is C24H37F4N5O4. The maximum Gasteiger partial charge on any atom is 0.403 e. The van der Waals surface area contributed by atoms with Gasteiger partial charge in [0.15, 0.2) is 5.92 Å². The third-order valence-electron chi connectivity index (χ3n) is 7.35. The highest BCUT2D eigenvalue weighted by atomic mass is 19.4. The van der Waals surface area contributed by atoms with Crippen LogP contribution in [0.25, 0.3) is 0 Å². The Kier molecular flexibility index (Phi) is 11.5. The molecule has 3 amide bonds. The van der Waals surface area contributed by atoms with Gasteiger partial charge in [-0.2, -0.15) is 18.4 Å². The monoisotopic (exact) mass is 535 g/mol. The summed E-state index contributed by atoms with van der Waals surface area (Å²) in [7, 11) is 1.74. The minimum atomic E-state index is -4.94. The Morgan fingerprint density at radius 3 is 2.32 bits per heavy atom. The Balaban J connectivity index is 0.000000365. The molecule has 0 aromatic carbocycles. The summed E-state index contributed by atoms with van der Waals surface area (Å²) in [5.41, 5.74) is 1.18. The summed E-state index contributed by atoms with van der Waals surface area (Å²) in [6.07, 6.45) is -2.17. The Bertz CT molecular complexity index is 852. The number of alkyl halides is 4. The topological polar surface area (TPSA) is 145 Å². The predicted molar refractivity (Wildman–Crippen MR) is 126 cm³/mol. The van der Waals surface area contributed by atoms with Crippen LogP contribution in [0.1, 0.15) is 52.9 Å². The molecule has 5 unspecified atom stereocenters. The minimum absolute atomic E-state index is 0.0193. The highest BCUT2D eigenvalue weighted by molar-refractivity contribution is 5.85. The SMILES string of the molecule is CC1C(C=O)N(C(=O)C(C(F)(F)F)C2(F)CC2)CC1(C)C.CNC(C#N)CC1CCCNC1=O.NC=O. The summed E-state index contributed by atoms with van der Waals surface area (Å²) >= 11 is 0. The van der Waals surface area contributed by atoms with Crippen molar-refractivity contribution in [3.8, 4) is 6.07 Å². The van der Waals surface area contributed by atoms with E-state index in [2.05, 4.69) is 22.4 Å². The molecule has 210 valence electrons. The van der Waals surface area contributed by atoms with Crippen molar-refractivity contribution in [3.63, 3.8) is 0 Å². The third kappa shape index (κ3) is 8.38. The Labute approximate surface area is 214 Å². The van der Waals surface area contributed by atoms with E-state index in [-0.39, 0.29) is 49.6 Å². The number of aldehydes is 1. The number of hydrogen-bond donors (Lipinski definition) is 3. The van der Waals surface area contributed by atoms with Crippen LogP contribution in [0.4, 0.5) is 17.6 Å². The lowest BCUT2D eigenvalue weighted by atomic mass is 9.80. The van der Waals surface area contributed by atoms with E-state index < -0.39 is 35.1 Å². The lowest BCUT2D eigenvalue weighted by Crippen LogP contribution is -2.50. The molecule has 3 fully saturated rings. The van der Waals surface area contributed by atoms with Crippen LogP contribution in [0.15, 0.2) is 0 Å². The summed E-state index contributed by atoms with van der Waals surface area (Å²) in [6, 6.07) is 0.997. The fraction of sp³-hybridized carbons (Fsp3) is 0.792. The molecule has 2 aliphatic heterocycles. The zero-order valence-corrected chi connectivity index (χ0v) is 21.6. The molecule has 5 atom stereocenters. The van der Waals surface area contributed by atoms with Crippen molar-refractivity contribution in [2.75, 3.05) is 20.1 Å². The van der Waals surface area contributed by atoms with Crippen LogP contribution in [0.5, 0.6) is 0 Å². The maximum atomic E-state index is 14.0. The van der Waals surface area contributed by atoms with Crippen LogP contribution in [-0.4, -0.2) is 73.5 Å². The number of carbonyl (C=O) groups excluding carboxylic acids is 4. The van der Waals surface area contributed by atoms with Crippen LogP contribution >= 0.6 is 0 Å². The molecule has 37 heavy (non-hydrogen) atoms. The number of amides is 3. The zero-order valence-electron chi connectivity index (χ0n) is 21.6. The van der Waals surface area contributed by atoms with Crippen molar-refractivity contribution >= 4 is 24.5 Å². The molecule has 4 N–H and O–H groups in total. The van der Waals surface area contributed by atoms with Gasteiger partial charge in [-0.25, -0.2) is 4.39 Å². The molecule has 1 aliphatic carbocycles. The van der Waals surface area contributed by atoms with E-state index in [1.54, 1.807) is 27.8 Å². The molecule has 3 aliphatic rings. The van der Waals surface area contributed by atoms with Gasteiger partial charge in [0.2, 0.25) is 18.2 Å². The maximum absolute atomic E-state index is 14.0. The zero-order chi connectivity index (χ0) is 28.6. The number of nitrogens with two attached hydrogens (primary N) is 1. The number of nitriles is 1. The van der Waals surface area contributed by atoms with E-state index in [0.717, 1.165) is 24.3 Å². The molecule has 0 radical (unpaired) electrons. The smallest absolute Gasteiger partial charge is 0.372 e. The van der Waals surface area contributed by atoms with Crippen LogP contribution in [-0.2, 0) is 19.2 Å². The van der Waals surface area contributed by atoms with E-state index >= 15 is 0 Å². The fourth-order valence-corrected chi connectivity index (χ4v) is 4.65. The number of hydrogen-bond acceptors (Lipinski definition) is 6. The highest BCUT2D eigenvalue weighted by Gasteiger charge is 2.66. The molecule has 2 heterocycles. The Morgan fingerprint density at radius 2 is 1.92 bits per heavy atom. The second kappa shape index (κ2) is 13.2. The van der Waals surface area contributed by atoms with Gasteiger partial charge in [0.25, 0.3) is 0 Å². The normalized spacial score (nSPS) is 27.1. The van der Waals surface area contributed by atoms with Crippen molar-refractivity contribution in [3.05, 3.63) is 0 Å². The molecule has 1 saturated carbocycles. The minimum Gasteiger partial charge on any atom is -0.372 e. The van der Waals surface area contributed by atoms with E-state index in [0.29, 0.717) is 12.7 Å². The number of piperidine rings is 1. The van der Waals surface area contributed by atoms with Crippen molar-refractivity contribution in [1.29, 1.82) is 5.26 Å². The van der Waals surface area contributed by atoms with E-state index in [1.165, 1.54) is 0 Å². The van der Waals surface area contributed by atoms with Gasteiger partial charge in [-0.1, -0.05) is 20.8 Å². The second-order valence-electron chi connectivity index (χ2n) is 10.4. The summed E-state index contributed by atoms with van der Waals surface area (Å²) in [4.78, 5) is 44.3. The first-order valence-electron chi connectivity index (χ1n) is 12.1. The fourth-order valence-electron chi connectivity index (χ4n) is 4.65. The van der Waals surface area contributed by atoms with Gasteiger partial charge < -0.3 is 26.1 Å². The first kappa shape index (κ1) is 32.3. The van der Waals surface area contributed by atoms with Gasteiger partial charge in [-0.15, -0.1) is 0 Å². The largest absolute Gasteiger partial charge is 0.403 e. The van der Waals surface area contributed by atoms with Crippen molar-refractivity contribution in [2.24, 2.45) is 28.9 Å². The molecular weight excluding hydrogens is 498 g/mol. The summed E-state index contributed by atoms with van der Waals surface area (Å²) in [5.74, 6) is -4.12. The lowest BCUT2D eigenvalue weighted by Gasteiger charge is -2.30. The van der Waals surface area contributed by atoms with Crippen molar-refractivity contribution < 1.29 is 36.7 Å². The standard InChI is InChI=1S/C14H19F4NO2.C9H15N3O.CH3NO/c1-8-9(6-20)19(7-12(8,2)3)11(21)10(14(16,17)18)13(15)4-5-13;1-11-8(6-10)5-7-3-2-4-12-9(7)13;2-1-3/h6,8-10H,4-5,7H2,1-3H3;7-8,11H,2-5H2,1H3,(H,12,13);1H,(H2,2,3). The number of halogens is 4. The summed E-state index contributed by atoms with van der Waals surface area (Å²) < 4.78 is 53.3. The first-order valence-corrected chi connectivity index (χ1v) is 12.1. The van der Waals surface area contributed by atoms with Gasteiger partial charge in [0, 0.05) is 19.0 Å². The van der Waals surface area contributed by atoms with Gasteiger partial charge in [-0.3, -0.25) is 14.4 Å². The molecule has 0 aromatic rings. The molecule has 0 bridgehead atoms. The number of nitrogens with one attached hydrogen (secondary N) is 2. The number of likely N-dealkylation sites (tertiary alicyclic amines) is 1. The lowest BCUT2D eigenvalue weighted by molar-refractivity contribution is -0.205. The first-order chi connectivity index (χ1) is 17.1. The quantitative estimate of drug-likeness (QED) is 0.350. The van der Waals surface area contributed by atoms with Crippen LogP contribution in [0, 0.1) is 34.5 Å². The molecule has 0 spiro atoms. The van der Waals surface area contributed by atoms with Gasteiger partial charge in [-0.05, 0) is 50.5 Å². The summed E-state index contributed by atoms with van der Waals surface area (Å²) in [5, 5.41) is 14.4. The molecule has 3 rings (SSSR count). The Hall–Kier alpha value is -2.75. The van der Waals surface area contributed by atoms with Crippen LogP contribution in [0.2, 0.25) is 0 Å². The second-order valence-corrected chi connectivity index (χ2v) is 10.4. The number of nitrogens with zero attached hydrogens (tertiary/aromatic N) is 2. The molecule has 9 nitrogen and oxygen atoms in total. The third-order valence-corrected chi connectivity index (χ3v) is 7.35. The van der Waals surface area contributed by atoms with Crippen molar-refractivity contribution in [2.45, 2.75) is 76.8 Å². The number of rotatable bonds is 6. The average molecular weight is 536 g/mol. The van der Waals surface area contributed by atoms with Crippen LogP contribution in [0.3, 0.4) is 0 Å². The van der Waals surface area contributed by atoms with E-state index in [4.69, 9.17) is 10.1 Å². The van der Waals surface area contributed by atoms with Crippen molar-refractivity contribution in [1.82, 2.24) is 15.5 Å². The summed E-state index contributed by atoms with van der Waals surface area (Å²) in [6.45, 7) is 6.10. The van der Waals surface area contributed by atoms with Gasteiger partial charge >= 0.3 is 6.18 Å². The van der Waals surface area contributed by atoms with Crippen LogP contribution < -0.4 is 16.4 Å². The van der Waals surface area contributed by atoms with E-state index in [9.17, 15) is 31.9 Å². The average Bonchev–Trinajstić information content (AvgIpc) is 3.49. The highest BCUT2D eigenvalue weighted by Crippen LogP contribution is 2.54. The van der Waals surface area contributed by atoms with E-state index in [1.807, 2.05) is 0 Å². The molecule has 13 heteroatoms. The van der Waals surface area contributed by atoms with Gasteiger partial charge in [0.1, 0.15) is 12.0 Å². The molecule has 0 aromatic heterocycles. The number of primary amides is 1. The Morgan fingerprint density at radius 1 is 1.35 bits per heavy atom. The molecule has 2 saturated heterocycles. The van der Waals surface area contributed by atoms with Gasteiger partial charge in [0.05, 0.1) is 18.2 Å². The predicted octanol–water partition coefficient (Wildman–Crippen LogP) is 1.85. The number of carbonyl (C=O) groups is 4.